The molecule has 146 valence electrons. The van der Waals surface area contributed by atoms with Crippen molar-refractivity contribution in [3.05, 3.63) is 89.0 Å². The lowest BCUT2D eigenvalue weighted by molar-refractivity contribution is -0.124. The van der Waals surface area contributed by atoms with Crippen molar-refractivity contribution in [1.29, 1.82) is 5.26 Å². The molecule has 1 amide bonds. The monoisotopic (exact) mass is 394 g/mol. The van der Waals surface area contributed by atoms with E-state index in [4.69, 9.17) is 9.47 Å². The Hall–Kier alpha value is -3.78. The first-order valence-electron chi connectivity index (χ1n) is 10.0. The Balaban J connectivity index is 1.45. The third-order valence-corrected chi connectivity index (χ3v) is 6.62. The van der Waals surface area contributed by atoms with Crippen molar-refractivity contribution < 1.29 is 14.3 Å². The van der Waals surface area contributed by atoms with Crippen LogP contribution in [0.1, 0.15) is 40.5 Å². The summed E-state index contributed by atoms with van der Waals surface area (Å²) in [6.45, 7) is 0.173. The van der Waals surface area contributed by atoms with E-state index in [9.17, 15) is 10.1 Å². The van der Waals surface area contributed by atoms with Crippen LogP contribution in [-0.4, -0.2) is 12.7 Å². The summed E-state index contributed by atoms with van der Waals surface area (Å²) < 4.78 is 10.8. The van der Waals surface area contributed by atoms with Gasteiger partial charge in [-0.05, 0) is 40.8 Å². The zero-order valence-corrected chi connectivity index (χ0v) is 16.1. The number of carbonyl (C=O) groups is 1. The maximum Gasteiger partial charge on any atom is 0.245 e. The van der Waals surface area contributed by atoms with Crippen LogP contribution in [0.3, 0.4) is 0 Å². The number of rotatable bonds is 2. The number of hydrogen-bond acceptors (Lipinski definition) is 4. The molecule has 7 rings (SSSR count). The molecular weight excluding hydrogens is 376 g/mol. The van der Waals surface area contributed by atoms with Gasteiger partial charge in [-0.1, -0.05) is 48.5 Å². The minimum absolute atomic E-state index is 0.0320. The maximum atomic E-state index is 13.6. The molecule has 0 fully saturated rings. The van der Waals surface area contributed by atoms with Crippen LogP contribution in [0.15, 0.2) is 66.7 Å². The second kappa shape index (κ2) is 6.11. The van der Waals surface area contributed by atoms with Crippen LogP contribution in [-0.2, 0) is 4.79 Å². The van der Waals surface area contributed by atoms with Crippen LogP contribution in [0.4, 0.5) is 5.69 Å². The molecule has 1 atom stereocenters. The van der Waals surface area contributed by atoms with Gasteiger partial charge in [0.2, 0.25) is 12.7 Å². The molecule has 4 aliphatic rings. The van der Waals surface area contributed by atoms with Crippen LogP contribution >= 0.6 is 0 Å². The fourth-order valence-corrected chi connectivity index (χ4v) is 5.31. The molecule has 5 heteroatoms. The molecule has 0 saturated carbocycles. The standard InChI is InChI=1S/C25H18N2O3/c26-13-25(24(28)27-15-9-10-21-22(11-15)30-14-29-21)12-20-16-5-1-3-7-18(16)23(25)19-8-4-2-6-17(19)20/h1-11,20,23H,12,14H2,(H,27,28). The summed E-state index contributed by atoms with van der Waals surface area (Å²) in [7, 11) is 0. The summed E-state index contributed by atoms with van der Waals surface area (Å²) in [5, 5.41) is 13.3. The minimum Gasteiger partial charge on any atom is -0.454 e. The van der Waals surface area contributed by atoms with E-state index in [0.29, 0.717) is 23.6 Å². The normalized spacial score (nSPS) is 24.5. The first kappa shape index (κ1) is 17.1. The molecule has 3 aliphatic carbocycles. The second-order valence-corrected chi connectivity index (χ2v) is 8.05. The van der Waals surface area contributed by atoms with Crippen LogP contribution < -0.4 is 14.8 Å². The number of anilines is 1. The highest BCUT2D eigenvalue weighted by molar-refractivity contribution is 5.99. The molecule has 1 unspecified atom stereocenters. The van der Waals surface area contributed by atoms with E-state index in [-0.39, 0.29) is 24.5 Å². The number of nitrogens with one attached hydrogen (secondary N) is 1. The summed E-state index contributed by atoms with van der Waals surface area (Å²) in [6, 6.07) is 24.1. The summed E-state index contributed by atoms with van der Waals surface area (Å²) in [5.74, 6) is 0.712. The van der Waals surface area contributed by atoms with Gasteiger partial charge in [0.25, 0.3) is 0 Å². The van der Waals surface area contributed by atoms with Crippen LogP contribution in [0, 0.1) is 16.7 Å². The average molecular weight is 394 g/mol. The zero-order chi connectivity index (χ0) is 20.3. The molecule has 1 heterocycles. The van der Waals surface area contributed by atoms with Crippen molar-refractivity contribution in [1.82, 2.24) is 0 Å². The quantitative estimate of drug-likeness (QED) is 0.692. The number of ether oxygens (including phenoxy) is 2. The summed E-state index contributed by atoms with van der Waals surface area (Å²) in [5.41, 5.74) is 4.03. The fraction of sp³-hybridized carbons (Fsp3) is 0.200. The van der Waals surface area contributed by atoms with E-state index in [0.717, 1.165) is 11.1 Å². The van der Waals surface area contributed by atoms with Crippen LogP contribution in [0.2, 0.25) is 0 Å². The number of hydrogen-bond donors (Lipinski definition) is 1. The van der Waals surface area contributed by atoms with Crippen molar-refractivity contribution in [2.75, 3.05) is 12.1 Å². The van der Waals surface area contributed by atoms with Crippen molar-refractivity contribution in [3.63, 3.8) is 0 Å². The first-order chi connectivity index (χ1) is 14.7. The van der Waals surface area contributed by atoms with Crippen molar-refractivity contribution in [2.24, 2.45) is 5.41 Å². The molecule has 1 aliphatic heterocycles. The van der Waals surface area contributed by atoms with Gasteiger partial charge in [0.1, 0.15) is 5.41 Å². The van der Waals surface area contributed by atoms with Gasteiger partial charge >= 0.3 is 0 Å². The van der Waals surface area contributed by atoms with E-state index >= 15 is 0 Å². The number of fused-ring (bicyclic) bond motifs is 2. The molecular formula is C25H18N2O3. The fourth-order valence-electron chi connectivity index (χ4n) is 5.31. The number of carbonyl (C=O) groups excluding carboxylic acids is 1. The Morgan fingerprint density at radius 2 is 1.57 bits per heavy atom. The molecule has 3 aromatic carbocycles. The van der Waals surface area contributed by atoms with E-state index in [1.165, 1.54) is 11.1 Å². The Morgan fingerprint density at radius 1 is 0.933 bits per heavy atom. The highest BCUT2D eigenvalue weighted by Gasteiger charge is 2.57. The Labute approximate surface area is 173 Å². The molecule has 30 heavy (non-hydrogen) atoms. The molecule has 0 spiro atoms. The van der Waals surface area contributed by atoms with E-state index < -0.39 is 5.41 Å². The summed E-state index contributed by atoms with van der Waals surface area (Å²) in [4.78, 5) is 13.6. The molecule has 0 aromatic heterocycles. The summed E-state index contributed by atoms with van der Waals surface area (Å²) in [6.07, 6.45) is 0.471. The third kappa shape index (κ3) is 2.19. The topological polar surface area (TPSA) is 71.4 Å². The SMILES string of the molecule is N#CC1(C(=O)Nc2ccc3c(c2)OCO3)CC2c3ccccc3C1c1ccccc12. The van der Waals surface area contributed by atoms with Gasteiger partial charge in [0, 0.05) is 23.6 Å². The van der Waals surface area contributed by atoms with E-state index in [2.05, 4.69) is 35.7 Å². The molecule has 2 bridgehead atoms. The molecule has 1 N–H and O–H groups in total. The maximum absolute atomic E-state index is 13.6. The Morgan fingerprint density at radius 3 is 2.23 bits per heavy atom. The van der Waals surface area contributed by atoms with Gasteiger partial charge in [-0.25, -0.2) is 0 Å². The number of nitriles is 1. The number of nitrogens with zero attached hydrogens (tertiary/aromatic N) is 1. The lowest BCUT2D eigenvalue weighted by Gasteiger charge is -2.48. The van der Waals surface area contributed by atoms with E-state index in [1.54, 1.807) is 18.2 Å². The average Bonchev–Trinajstić information content (AvgIpc) is 3.27. The minimum atomic E-state index is -1.18. The van der Waals surface area contributed by atoms with Gasteiger partial charge in [0.15, 0.2) is 11.5 Å². The predicted octanol–water partition coefficient (Wildman–Crippen LogP) is 4.54. The smallest absolute Gasteiger partial charge is 0.245 e. The predicted molar refractivity (Wildman–Crippen MR) is 110 cm³/mol. The molecule has 3 aromatic rings. The lowest BCUT2D eigenvalue weighted by Crippen LogP contribution is -2.48. The van der Waals surface area contributed by atoms with Crippen LogP contribution in [0.25, 0.3) is 0 Å². The zero-order valence-electron chi connectivity index (χ0n) is 16.1. The first-order valence-corrected chi connectivity index (χ1v) is 10.0. The number of benzene rings is 3. The van der Waals surface area contributed by atoms with Crippen molar-refractivity contribution in [2.45, 2.75) is 18.3 Å². The van der Waals surface area contributed by atoms with Crippen molar-refractivity contribution in [3.8, 4) is 17.6 Å². The van der Waals surface area contributed by atoms with Crippen LogP contribution in [0.5, 0.6) is 11.5 Å². The Bertz CT molecular complexity index is 1200. The van der Waals surface area contributed by atoms with Crippen molar-refractivity contribution >= 4 is 11.6 Å². The largest absolute Gasteiger partial charge is 0.454 e. The lowest BCUT2D eigenvalue weighted by atomic mass is 9.52. The van der Waals surface area contributed by atoms with E-state index in [1.807, 2.05) is 24.3 Å². The van der Waals surface area contributed by atoms with Gasteiger partial charge in [-0.15, -0.1) is 0 Å². The van der Waals surface area contributed by atoms with Gasteiger partial charge in [-0.2, -0.15) is 5.26 Å². The summed E-state index contributed by atoms with van der Waals surface area (Å²) >= 11 is 0. The highest BCUT2D eigenvalue weighted by Crippen LogP contribution is 2.61. The van der Waals surface area contributed by atoms with Gasteiger partial charge < -0.3 is 14.8 Å². The molecule has 0 saturated heterocycles. The van der Waals surface area contributed by atoms with Gasteiger partial charge in [0.05, 0.1) is 6.07 Å². The van der Waals surface area contributed by atoms with Gasteiger partial charge in [-0.3, -0.25) is 4.79 Å². The molecule has 5 nitrogen and oxygen atoms in total. The third-order valence-electron chi connectivity index (χ3n) is 6.62. The Kier molecular flexibility index (Phi) is 3.48. The highest BCUT2D eigenvalue weighted by atomic mass is 16.7. The number of amides is 1. The second-order valence-electron chi connectivity index (χ2n) is 8.05. The molecule has 0 radical (unpaired) electrons.